The third-order valence-electron chi connectivity index (χ3n) is 3.83. The van der Waals surface area contributed by atoms with Crippen LogP contribution in [0.5, 0.6) is 0 Å². The first kappa shape index (κ1) is 16.1. The van der Waals surface area contributed by atoms with Crippen LogP contribution in [0, 0.1) is 0 Å². The fraction of sp³-hybridized carbons (Fsp3) is 0.412. The number of nitrogens with two attached hydrogens (primary N) is 1. The van der Waals surface area contributed by atoms with Crippen LogP contribution in [0.4, 0.5) is 0 Å². The molecule has 1 heterocycles. The van der Waals surface area contributed by atoms with Gasteiger partial charge in [0.25, 0.3) is 0 Å². The monoisotopic (exact) mass is 306 g/mol. The Morgan fingerprint density at radius 1 is 1.19 bits per heavy atom. The molecule has 0 amide bonds. The Morgan fingerprint density at radius 3 is 2.43 bits per heavy atom. The van der Waals surface area contributed by atoms with E-state index in [2.05, 4.69) is 30.9 Å². The predicted molar refractivity (Wildman–Crippen MR) is 87.3 cm³/mol. The Hall–Kier alpha value is -1.29. The normalized spacial score (nSPS) is 14.3. The second-order valence-corrected chi connectivity index (χ2v) is 5.65. The molecule has 0 spiro atoms. The number of furan rings is 1. The third kappa shape index (κ3) is 4.10. The first-order valence-corrected chi connectivity index (χ1v) is 7.81. The number of likely N-dealkylation sites (N-methyl/N-ethyl adjacent to an activating group) is 1. The van der Waals surface area contributed by atoms with E-state index in [9.17, 15) is 0 Å². The molecule has 0 bridgehead atoms. The van der Waals surface area contributed by atoms with Gasteiger partial charge in [0.15, 0.2) is 0 Å². The average molecular weight is 307 g/mol. The summed E-state index contributed by atoms with van der Waals surface area (Å²) in [5, 5.41) is 0.747. The molecule has 0 aliphatic rings. The lowest BCUT2D eigenvalue weighted by Crippen LogP contribution is -2.40. The molecule has 0 aliphatic heterocycles. The van der Waals surface area contributed by atoms with Gasteiger partial charge in [-0.3, -0.25) is 4.90 Å². The Morgan fingerprint density at radius 2 is 1.90 bits per heavy atom. The van der Waals surface area contributed by atoms with Gasteiger partial charge in [0.2, 0.25) is 0 Å². The standard InChI is InChI=1S/C17H23ClN2O/c1-3-16(19)17(13-7-9-14(18)10-8-13)20(4-2)12-15-6-5-11-21-15/h5-11,16-17H,3-4,12,19H2,1-2H3. The molecule has 114 valence electrons. The Balaban J connectivity index is 2.26. The van der Waals surface area contributed by atoms with E-state index in [-0.39, 0.29) is 12.1 Å². The molecule has 0 fully saturated rings. The fourth-order valence-electron chi connectivity index (χ4n) is 2.62. The summed E-state index contributed by atoms with van der Waals surface area (Å²) in [5.74, 6) is 0.958. The van der Waals surface area contributed by atoms with Gasteiger partial charge in [-0.1, -0.05) is 37.6 Å². The van der Waals surface area contributed by atoms with Gasteiger partial charge in [0, 0.05) is 11.1 Å². The molecule has 0 radical (unpaired) electrons. The van der Waals surface area contributed by atoms with E-state index in [1.807, 2.05) is 24.3 Å². The molecule has 2 rings (SSSR count). The molecule has 0 aliphatic carbocycles. The van der Waals surface area contributed by atoms with E-state index < -0.39 is 0 Å². The van der Waals surface area contributed by atoms with Gasteiger partial charge in [0.05, 0.1) is 18.8 Å². The molecule has 2 N–H and O–H groups in total. The van der Waals surface area contributed by atoms with Crippen LogP contribution < -0.4 is 5.73 Å². The minimum Gasteiger partial charge on any atom is -0.468 e. The average Bonchev–Trinajstić information content (AvgIpc) is 3.01. The Labute approximate surface area is 131 Å². The molecule has 2 atom stereocenters. The van der Waals surface area contributed by atoms with E-state index in [4.69, 9.17) is 21.8 Å². The molecule has 0 saturated heterocycles. The maximum absolute atomic E-state index is 6.39. The molecule has 21 heavy (non-hydrogen) atoms. The van der Waals surface area contributed by atoms with Crippen molar-refractivity contribution in [2.45, 2.75) is 38.9 Å². The molecule has 4 heteroatoms. The Kier molecular flexibility index (Phi) is 5.85. The van der Waals surface area contributed by atoms with Crippen molar-refractivity contribution >= 4 is 11.6 Å². The summed E-state index contributed by atoms with van der Waals surface area (Å²) in [6.45, 7) is 5.93. The third-order valence-corrected chi connectivity index (χ3v) is 4.08. The van der Waals surface area contributed by atoms with Crippen LogP contribution in [0.25, 0.3) is 0 Å². The van der Waals surface area contributed by atoms with Gasteiger partial charge in [-0.15, -0.1) is 0 Å². The molecule has 1 aromatic carbocycles. The number of nitrogens with zero attached hydrogens (tertiary/aromatic N) is 1. The summed E-state index contributed by atoms with van der Waals surface area (Å²) in [6, 6.07) is 12.1. The molecular weight excluding hydrogens is 284 g/mol. The van der Waals surface area contributed by atoms with Crippen molar-refractivity contribution in [3.05, 3.63) is 59.0 Å². The highest BCUT2D eigenvalue weighted by molar-refractivity contribution is 6.30. The van der Waals surface area contributed by atoms with Crippen LogP contribution in [-0.2, 0) is 6.54 Å². The maximum atomic E-state index is 6.39. The van der Waals surface area contributed by atoms with E-state index >= 15 is 0 Å². The van der Waals surface area contributed by atoms with Gasteiger partial charge >= 0.3 is 0 Å². The van der Waals surface area contributed by atoms with Crippen molar-refractivity contribution in [1.29, 1.82) is 0 Å². The number of rotatable bonds is 7. The first-order valence-electron chi connectivity index (χ1n) is 7.43. The van der Waals surface area contributed by atoms with Crippen LogP contribution in [0.1, 0.15) is 37.6 Å². The second-order valence-electron chi connectivity index (χ2n) is 5.21. The summed E-state index contributed by atoms with van der Waals surface area (Å²) in [6.07, 6.45) is 2.63. The first-order chi connectivity index (χ1) is 10.2. The second kappa shape index (κ2) is 7.64. The molecular formula is C17H23ClN2O. The topological polar surface area (TPSA) is 42.4 Å². The van der Waals surface area contributed by atoms with Crippen molar-refractivity contribution in [3.63, 3.8) is 0 Å². The van der Waals surface area contributed by atoms with Crippen molar-refractivity contribution in [1.82, 2.24) is 4.90 Å². The number of hydrogen-bond acceptors (Lipinski definition) is 3. The summed E-state index contributed by atoms with van der Waals surface area (Å²) in [4.78, 5) is 2.34. The summed E-state index contributed by atoms with van der Waals surface area (Å²) in [5.41, 5.74) is 7.58. The van der Waals surface area contributed by atoms with E-state index in [0.29, 0.717) is 0 Å². The van der Waals surface area contributed by atoms with E-state index in [1.54, 1.807) is 6.26 Å². The van der Waals surface area contributed by atoms with Crippen LogP contribution in [-0.4, -0.2) is 17.5 Å². The lowest BCUT2D eigenvalue weighted by Gasteiger charge is -2.34. The molecule has 0 saturated carbocycles. The summed E-state index contributed by atoms with van der Waals surface area (Å²) >= 11 is 6.00. The molecule has 2 aromatic rings. The predicted octanol–water partition coefficient (Wildman–Crippen LogP) is 4.23. The Bertz CT molecular complexity index is 524. The van der Waals surface area contributed by atoms with E-state index in [1.165, 1.54) is 5.56 Å². The number of benzene rings is 1. The highest BCUT2D eigenvalue weighted by Crippen LogP contribution is 2.27. The zero-order valence-corrected chi connectivity index (χ0v) is 13.4. The van der Waals surface area contributed by atoms with Gasteiger partial charge in [-0.2, -0.15) is 0 Å². The largest absolute Gasteiger partial charge is 0.468 e. The maximum Gasteiger partial charge on any atom is 0.117 e. The smallest absolute Gasteiger partial charge is 0.117 e. The minimum atomic E-state index is 0.0705. The molecule has 2 unspecified atom stereocenters. The van der Waals surface area contributed by atoms with Crippen LogP contribution >= 0.6 is 11.6 Å². The van der Waals surface area contributed by atoms with Gasteiger partial charge in [-0.25, -0.2) is 0 Å². The zero-order valence-electron chi connectivity index (χ0n) is 12.6. The van der Waals surface area contributed by atoms with Crippen LogP contribution in [0.3, 0.4) is 0 Å². The minimum absolute atomic E-state index is 0.0705. The van der Waals surface area contributed by atoms with Crippen LogP contribution in [0.15, 0.2) is 47.1 Å². The highest BCUT2D eigenvalue weighted by Gasteiger charge is 2.25. The van der Waals surface area contributed by atoms with Gasteiger partial charge in [0.1, 0.15) is 5.76 Å². The zero-order chi connectivity index (χ0) is 15.2. The number of hydrogen-bond donors (Lipinski definition) is 1. The lowest BCUT2D eigenvalue weighted by molar-refractivity contribution is 0.157. The van der Waals surface area contributed by atoms with E-state index in [0.717, 1.165) is 30.3 Å². The SMILES string of the molecule is CCC(N)C(c1ccc(Cl)cc1)N(CC)Cc1ccco1. The fourth-order valence-corrected chi connectivity index (χ4v) is 2.75. The highest BCUT2D eigenvalue weighted by atomic mass is 35.5. The summed E-state index contributed by atoms with van der Waals surface area (Å²) in [7, 11) is 0. The number of halogens is 1. The quantitative estimate of drug-likeness (QED) is 0.832. The van der Waals surface area contributed by atoms with Gasteiger partial charge in [-0.05, 0) is 42.8 Å². The van der Waals surface area contributed by atoms with Crippen molar-refractivity contribution in [2.24, 2.45) is 5.73 Å². The van der Waals surface area contributed by atoms with Crippen molar-refractivity contribution in [2.75, 3.05) is 6.54 Å². The van der Waals surface area contributed by atoms with Crippen molar-refractivity contribution in [3.8, 4) is 0 Å². The lowest BCUT2D eigenvalue weighted by atomic mass is 9.96. The molecule has 3 nitrogen and oxygen atoms in total. The van der Waals surface area contributed by atoms with Crippen molar-refractivity contribution < 1.29 is 4.42 Å². The van der Waals surface area contributed by atoms with Gasteiger partial charge < -0.3 is 10.2 Å². The van der Waals surface area contributed by atoms with Crippen LogP contribution in [0.2, 0.25) is 5.02 Å². The summed E-state index contributed by atoms with van der Waals surface area (Å²) < 4.78 is 5.48. The molecule has 1 aromatic heterocycles.